The Balaban J connectivity index is 2.35. The van der Waals surface area contributed by atoms with Gasteiger partial charge >= 0.3 is 0 Å². The first-order valence-corrected chi connectivity index (χ1v) is 9.42. The standard InChI is InChI=1S/C13H19NO3S3/c1-10(2)13(15)9-17-12-5-3-4-11(8-12)16-7-6-14-19-20-18/h3-5,8,10,14,18H,6-7,9H2,1-2H3. The minimum atomic E-state index is -0.0114. The summed E-state index contributed by atoms with van der Waals surface area (Å²) < 4.78 is 14.1. The Morgan fingerprint density at radius 2 is 2.05 bits per heavy atom. The van der Waals surface area contributed by atoms with Crippen molar-refractivity contribution < 1.29 is 14.3 Å². The van der Waals surface area contributed by atoms with Crippen molar-refractivity contribution in [2.45, 2.75) is 13.8 Å². The van der Waals surface area contributed by atoms with Gasteiger partial charge in [-0.05, 0) is 22.0 Å². The Morgan fingerprint density at radius 3 is 2.70 bits per heavy atom. The molecule has 0 atom stereocenters. The summed E-state index contributed by atoms with van der Waals surface area (Å²) in [6, 6.07) is 7.30. The molecule has 0 radical (unpaired) electrons. The van der Waals surface area contributed by atoms with E-state index in [1.807, 2.05) is 32.0 Å². The molecular formula is C13H19NO3S3. The number of carbonyl (C=O) groups is 1. The maximum atomic E-state index is 11.5. The normalized spacial score (nSPS) is 10.6. The second-order valence-electron chi connectivity index (χ2n) is 4.29. The fraction of sp³-hybridized carbons (Fsp3) is 0.462. The lowest BCUT2D eigenvalue weighted by atomic mass is 10.1. The molecule has 0 unspecified atom stereocenters. The van der Waals surface area contributed by atoms with Gasteiger partial charge in [-0.1, -0.05) is 31.6 Å². The van der Waals surface area contributed by atoms with E-state index in [1.54, 1.807) is 6.07 Å². The minimum Gasteiger partial charge on any atom is -0.492 e. The molecule has 0 spiro atoms. The highest BCUT2D eigenvalue weighted by Gasteiger charge is 2.08. The van der Waals surface area contributed by atoms with E-state index in [0.29, 0.717) is 12.4 Å². The lowest BCUT2D eigenvalue weighted by molar-refractivity contribution is -0.123. The molecule has 0 bridgehead atoms. The van der Waals surface area contributed by atoms with Gasteiger partial charge in [-0.15, -0.1) is 0 Å². The zero-order chi connectivity index (χ0) is 14.8. The molecule has 0 aliphatic carbocycles. The van der Waals surface area contributed by atoms with Crippen LogP contribution >= 0.6 is 32.5 Å². The average Bonchev–Trinajstić information content (AvgIpc) is 2.45. The Bertz CT molecular complexity index is 416. The molecule has 20 heavy (non-hydrogen) atoms. The first-order chi connectivity index (χ1) is 9.63. The summed E-state index contributed by atoms with van der Waals surface area (Å²) in [5.41, 5.74) is 0. The van der Waals surface area contributed by atoms with Gasteiger partial charge in [0, 0.05) is 29.5 Å². The van der Waals surface area contributed by atoms with Crippen molar-refractivity contribution in [3.05, 3.63) is 24.3 Å². The van der Waals surface area contributed by atoms with Crippen LogP contribution in [0.25, 0.3) is 0 Å². The van der Waals surface area contributed by atoms with E-state index in [1.165, 1.54) is 20.8 Å². The number of benzene rings is 1. The van der Waals surface area contributed by atoms with Gasteiger partial charge in [-0.25, -0.2) is 0 Å². The Labute approximate surface area is 132 Å². The summed E-state index contributed by atoms with van der Waals surface area (Å²) in [4.78, 5) is 11.5. The van der Waals surface area contributed by atoms with E-state index in [-0.39, 0.29) is 18.3 Å². The van der Waals surface area contributed by atoms with Gasteiger partial charge in [0.1, 0.15) is 24.7 Å². The van der Waals surface area contributed by atoms with Gasteiger partial charge in [0.05, 0.1) is 0 Å². The SMILES string of the molecule is CC(C)C(=O)COc1cccc(OCCNSSS)c1. The third-order valence-electron chi connectivity index (χ3n) is 2.40. The highest BCUT2D eigenvalue weighted by molar-refractivity contribution is 9.05. The Morgan fingerprint density at radius 1 is 1.35 bits per heavy atom. The van der Waals surface area contributed by atoms with Crippen LogP contribution in [0.5, 0.6) is 11.5 Å². The molecule has 112 valence electrons. The molecule has 0 fully saturated rings. The zero-order valence-corrected chi connectivity index (χ0v) is 14.0. The van der Waals surface area contributed by atoms with E-state index in [2.05, 4.69) is 16.4 Å². The molecule has 0 saturated carbocycles. The summed E-state index contributed by atoms with van der Waals surface area (Å²) in [7, 11) is 2.80. The van der Waals surface area contributed by atoms with Crippen molar-refractivity contribution >= 4 is 38.2 Å². The second kappa shape index (κ2) is 10.3. The predicted octanol–water partition coefficient (Wildman–Crippen LogP) is 3.40. The van der Waals surface area contributed by atoms with Gasteiger partial charge < -0.3 is 9.47 Å². The molecule has 1 rings (SSSR count). The maximum absolute atomic E-state index is 11.5. The molecule has 0 aromatic heterocycles. The molecule has 1 aromatic rings. The smallest absolute Gasteiger partial charge is 0.172 e. The molecular weight excluding hydrogens is 314 g/mol. The molecule has 4 nitrogen and oxygen atoms in total. The molecule has 0 heterocycles. The van der Waals surface area contributed by atoms with Gasteiger partial charge in [0.15, 0.2) is 5.78 Å². The van der Waals surface area contributed by atoms with Crippen LogP contribution in [0.4, 0.5) is 0 Å². The average molecular weight is 333 g/mol. The fourth-order valence-electron chi connectivity index (χ4n) is 1.25. The van der Waals surface area contributed by atoms with E-state index < -0.39 is 0 Å². The maximum Gasteiger partial charge on any atom is 0.172 e. The lowest BCUT2D eigenvalue weighted by Crippen LogP contribution is -2.17. The van der Waals surface area contributed by atoms with Gasteiger partial charge in [0.25, 0.3) is 0 Å². The van der Waals surface area contributed by atoms with Crippen LogP contribution in [0, 0.1) is 5.92 Å². The van der Waals surface area contributed by atoms with Gasteiger partial charge in [0.2, 0.25) is 0 Å². The Hall–Kier alpha value is -0.500. The van der Waals surface area contributed by atoms with E-state index in [0.717, 1.165) is 12.3 Å². The molecule has 1 aromatic carbocycles. The van der Waals surface area contributed by atoms with Crippen LogP contribution in [0.15, 0.2) is 24.3 Å². The molecule has 0 saturated heterocycles. The Kier molecular flexibility index (Phi) is 9.00. The first-order valence-electron chi connectivity index (χ1n) is 6.21. The predicted molar refractivity (Wildman–Crippen MR) is 89.4 cm³/mol. The van der Waals surface area contributed by atoms with Crippen molar-refractivity contribution in [2.24, 2.45) is 5.92 Å². The number of rotatable bonds is 10. The number of thiol groups is 1. The molecule has 1 N–H and O–H groups in total. The summed E-state index contributed by atoms with van der Waals surface area (Å²) in [6.45, 7) is 5.09. The van der Waals surface area contributed by atoms with Crippen LogP contribution in [0.2, 0.25) is 0 Å². The van der Waals surface area contributed by atoms with Crippen molar-refractivity contribution in [1.29, 1.82) is 0 Å². The van der Waals surface area contributed by atoms with Crippen molar-refractivity contribution in [1.82, 2.24) is 4.72 Å². The number of hydrogen-bond donors (Lipinski definition) is 2. The van der Waals surface area contributed by atoms with Crippen LogP contribution in [0.3, 0.4) is 0 Å². The van der Waals surface area contributed by atoms with Crippen molar-refractivity contribution in [3.8, 4) is 11.5 Å². The van der Waals surface area contributed by atoms with Crippen LogP contribution in [-0.4, -0.2) is 25.5 Å². The fourth-order valence-corrected chi connectivity index (χ4v) is 2.36. The van der Waals surface area contributed by atoms with Crippen LogP contribution in [0.1, 0.15) is 13.8 Å². The highest BCUT2D eigenvalue weighted by Crippen LogP contribution is 2.21. The molecule has 0 aliphatic heterocycles. The number of hydrogen-bond acceptors (Lipinski definition) is 7. The van der Waals surface area contributed by atoms with E-state index in [9.17, 15) is 4.79 Å². The third-order valence-corrected chi connectivity index (χ3v) is 4.04. The molecule has 0 aliphatic rings. The summed E-state index contributed by atoms with van der Waals surface area (Å²) in [6.07, 6.45) is 0. The monoisotopic (exact) mass is 333 g/mol. The number of carbonyl (C=O) groups excluding carboxylic acids is 1. The summed E-state index contributed by atoms with van der Waals surface area (Å²) in [5.74, 6) is 1.44. The third kappa shape index (κ3) is 7.33. The zero-order valence-electron chi connectivity index (χ0n) is 11.5. The number of nitrogens with one attached hydrogen (secondary N) is 1. The molecule has 0 amide bonds. The quantitative estimate of drug-likeness (QED) is 0.296. The van der Waals surface area contributed by atoms with Gasteiger partial charge in [-0.2, -0.15) is 0 Å². The number of ether oxygens (including phenoxy) is 2. The first kappa shape index (κ1) is 17.6. The van der Waals surface area contributed by atoms with E-state index in [4.69, 9.17) is 9.47 Å². The highest BCUT2D eigenvalue weighted by atomic mass is 33.5. The van der Waals surface area contributed by atoms with Crippen LogP contribution < -0.4 is 14.2 Å². The number of Topliss-reactive ketones (excluding diaryl/α,β-unsaturated/α-hetero) is 1. The largest absolute Gasteiger partial charge is 0.492 e. The summed E-state index contributed by atoms with van der Waals surface area (Å²) in [5, 5.41) is 0. The summed E-state index contributed by atoms with van der Waals surface area (Å²) >= 11 is 3.99. The topological polar surface area (TPSA) is 47.6 Å². The van der Waals surface area contributed by atoms with Crippen LogP contribution in [-0.2, 0) is 4.79 Å². The van der Waals surface area contributed by atoms with Gasteiger partial charge in [-0.3, -0.25) is 9.52 Å². The molecule has 7 heteroatoms. The van der Waals surface area contributed by atoms with Crippen molar-refractivity contribution in [2.75, 3.05) is 19.8 Å². The second-order valence-corrected chi connectivity index (χ2v) is 7.18. The minimum absolute atomic E-state index is 0.0114. The lowest BCUT2D eigenvalue weighted by Gasteiger charge is -2.10. The number of ketones is 1. The van der Waals surface area contributed by atoms with Crippen molar-refractivity contribution in [3.63, 3.8) is 0 Å². The van der Waals surface area contributed by atoms with E-state index >= 15 is 0 Å².